The number of hydrogen-bond donors (Lipinski definition) is 2. The van der Waals surface area contributed by atoms with Gasteiger partial charge in [0, 0.05) is 23.2 Å². The summed E-state index contributed by atoms with van der Waals surface area (Å²) in [7, 11) is 0. The molecular formula is C12H16BrN3O2. The number of carbonyl (C=O) groups excluding carboxylic acids is 1. The van der Waals surface area contributed by atoms with Gasteiger partial charge in [0.1, 0.15) is 0 Å². The average Bonchev–Trinajstić information content (AvgIpc) is 2.40. The van der Waals surface area contributed by atoms with Crippen LogP contribution in [0.4, 0.5) is 5.69 Å². The molecule has 6 heteroatoms. The van der Waals surface area contributed by atoms with Gasteiger partial charge in [-0.15, -0.1) is 0 Å². The summed E-state index contributed by atoms with van der Waals surface area (Å²) in [6, 6.07) is 7.50. The second-order valence-corrected chi connectivity index (χ2v) is 4.91. The van der Waals surface area contributed by atoms with E-state index in [9.17, 15) is 4.79 Å². The lowest BCUT2D eigenvalue weighted by atomic mass is 10.3. The number of anilines is 1. The van der Waals surface area contributed by atoms with E-state index in [0.717, 1.165) is 23.2 Å². The number of halogens is 1. The molecule has 0 atom stereocenters. The molecule has 1 saturated heterocycles. The fraction of sp³-hybridized carbons (Fsp3) is 0.417. The van der Waals surface area contributed by atoms with Gasteiger partial charge in [-0.05, 0) is 24.3 Å². The SMILES string of the molecule is O=C(CNN1CCOCC1)Nc1ccc(Br)cc1. The Kier molecular flexibility index (Phi) is 5.12. The number of hydrogen-bond acceptors (Lipinski definition) is 4. The van der Waals surface area contributed by atoms with E-state index in [4.69, 9.17) is 4.74 Å². The van der Waals surface area contributed by atoms with Crippen molar-refractivity contribution in [3.63, 3.8) is 0 Å². The minimum atomic E-state index is -0.0520. The fourth-order valence-electron chi connectivity index (χ4n) is 1.64. The van der Waals surface area contributed by atoms with Gasteiger partial charge in [0.2, 0.25) is 5.91 Å². The molecule has 1 fully saturated rings. The van der Waals surface area contributed by atoms with Crippen molar-refractivity contribution in [3.05, 3.63) is 28.7 Å². The number of rotatable bonds is 4. The van der Waals surface area contributed by atoms with Crippen molar-refractivity contribution in [2.45, 2.75) is 0 Å². The maximum absolute atomic E-state index is 11.7. The smallest absolute Gasteiger partial charge is 0.239 e. The van der Waals surface area contributed by atoms with E-state index in [2.05, 4.69) is 26.7 Å². The van der Waals surface area contributed by atoms with E-state index in [0.29, 0.717) is 13.2 Å². The summed E-state index contributed by atoms with van der Waals surface area (Å²) >= 11 is 3.35. The van der Waals surface area contributed by atoms with Gasteiger partial charge in [-0.3, -0.25) is 4.79 Å². The van der Waals surface area contributed by atoms with Gasteiger partial charge in [0.15, 0.2) is 0 Å². The Bertz CT molecular complexity index is 391. The minimum Gasteiger partial charge on any atom is -0.379 e. The number of ether oxygens (including phenoxy) is 1. The summed E-state index contributed by atoms with van der Waals surface area (Å²) in [6.45, 7) is 3.32. The molecule has 1 aliphatic heterocycles. The van der Waals surface area contributed by atoms with E-state index in [-0.39, 0.29) is 12.5 Å². The quantitative estimate of drug-likeness (QED) is 0.878. The number of benzene rings is 1. The second kappa shape index (κ2) is 6.84. The first-order chi connectivity index (χ1) is 8.74. The monoisotopic (exact) mass is 313 g/mol. The summed E-state index contributed by atoms with van der Waals surface area (Å²) in [5, 5.41) is 4.83. The van der Waals surface area contributed by atoms with Crippen molar-refractivity contribution in [3.8, 4) is 0 Å². The molecule has 0 aromatic heterocycles. The van der Waals surface area contributed by atoms with E-state index < -0.39 is 0 Å². The van der Waals surface area contributed by atoms with Crippen molar-refractivity contribution in [1.82, 2.24) is 10.4 Å². The van der Waals surface area contributed by atoms with Crippen LogP contribution in [0, 0.1) is 0 Å². The van der Waals surface area contributed by atoms with Crippen LogP contribution in [-0.4, -0.2) is 43.8 Å². The molecule has 2 N–H and O–H groups in total. The zero-order valence-corrected chi connectivity index (χ0v) is 11.6. The molecule has 1 aliphatic rings. The van der Waals surface area contributed by atoms with Crippen LogP contribution in [0.2, 0.25) is 0 Å². The van der Waals surface area contributed by atoms with Gasteiger partial charge in [-0.2, -0.15) is 0 Å². The largest absolute Gasteiger partial charge is 0.379 e. The lowest BCUT2D eigenvalue weighted by Crippen LogP contribution is -2.48. The van der Waals surface area contributed by atoms with Crippen LogP contribution in [0.15, 0.2) is 28.7 Å². The number of nitrogens with zero attached hydrogens (tertiary/aromatic N) is 1. The maximum Gasteiger partial charge on any atom is 0.239 e. The summed E-state index contributed by atoms with van der Waals surface area (Å²) < 4.78 is 6.22. The Morgan fingerprint density at radius 1 is 1.28 bits per heavy atom. The molecule has 1 aromatic carbocycles. The van der Waals surface area contributed by atoms with E-state index in [1.807, 2.05) is 29.3 Å². The van der Waals surface area contributed by atoms with Gasteiger partial charge in [0.05, 0.1) is 19.8 Å². The van der Waals surface area contributed by atoms with E-state index >= 15 is 0 Å². The van der Waals surface area contributed by atoms with Crippen LogP contribution >= 0.6 is 15.9 Å². The van der Waals surface area contributed by atoms with Crippen LogP contribution in [0.5, 0.6) is 0 Å². The van der Waals surface area contributed by atoms with E-state index in [1.54, 1.807) is 0 Å². The lowest BCUT2D eigenvalue weighted by molar-refractivity contribution is -0.116. The fourth-order valence-corrected chi connectivity index (χ4v) is 1.91. The first-order valence-corrected chi connectivity index (χ1v) is 6.65. The van der Waals surface area contributed by atoms with Crippen LogP contribution in [0.1, 0.15) is 0 Å². The van der Waals surface area contributed by atoms with Crippen molar-refractivity contribution in [2.75, 3.05) is 38.2 Å². The number of nitrogens with one attached hydrogen (secondary N) is 2. The maximum atomic E-state index is 11.7. The Hall–Kier alpha value is -0.950. The zero-order valence-electron chi connectivity index (χ0n) is 9.99. The van der Waals surface area contributed by atoms with Gasteiger partial charge < -0.3 is 10.1 Å². The van der Waals surface area contributed by atoms with Crippen molar-refractivity contribution >= 4 is 27.5 Å². The predicted molar refractivity (Wildman–Crippen MR) is 73.2 cm³/mol. The Morgan fingerprint density at radius 2 is 1.94 bits per heavy atom. The molecule has 0 saturated carbocycles. The molecule has 0 aliphatic carbocycles. The highest BCUT2D eigenvalue weighted by molar-refractivity contribution is 9.10. The van der Waals surface area contributed by atoms with Gasteiger partial charge in [-0.25, -0.2) is 10.4 Å². The highest BCUT2D eigenvalue weighted by atomic mass is 79.9. The highest BCUT2D eigenvalue weighted by Gasteiger charge is 2.11. The Balaban J connectivity index is 1.73. The normalized spacial score (nSPS) is 16.5. The minimum absolute atomic E-state index is 0.0520. The summed E-state index contributed by atoms with van der Waals surface area (Å²) in [6.07, 6.45) is 0. The molecule has 0 bridgehead atoms. The third-order valence-electron chi connectivity index (χ3n) is 2.60. The molecule has 0 spiro atoms. The third-order valence-corrected chi connectivity index (χ3v) is 3.13. The molecule has 0 radical (unpaired) electrons. The lowest BCUT2D eigenvalue weighted by Gasteiger charge is -2.26. The molecule has 5 nitrogen and oxygen atoms in total. The number of morpholine rings is 1. The average molecular weight is 314 g/mol. The molecule has 1 amide bonds. The van der Waals surface area contributed by atoms with Crippen LogP contribution in [-0.2, 0) is 9.53 Å². The van der Waals surface area contributed by atoms with Gasteiger partial charge in [-0.1, -0.05) is 15.9 Å². The molecule has 18 heavy (non-hydrogen) atoms. The van der Waals surface area contributed by atoms with Crippen molar-refractivity contribution < 1.29 is 9.53 Å². The molecule has 2 rings (SSSR count). The van der Waals surface area contributed by atoms with Crippen LogP contribution < -0.4 is 10.7 Å². The standard InChI is InChI=1S/C12H16BrN3O2/c13-10-1-3-11(4-2-10)15-12(17)9-14-16-5-7-18-8-6-16/h1-4,14H,5-9H2,(H,15,17). The number of hydrazine groups is 1. The third kappa shape index (κ3) is 4.38. The molecule has 1 heterocycles. The van der Waals surface area contributed by atoms with Crippen LogP contribution in [0.25, 0.3) is 0 Å². The zero-order chi connectivity index (χ0) is 12.8. The summed E-state index contributed by atoms with van der Waals surface area (Å²) in [4.78, 5) is 11.7. The molecule has 98 valence electrons. The Morgan fingerprint density at radius 3 is 2.61 bits per heavy atom. The predicted octanol–water partition coefficient (Wildman–Crippen LogP) is 1.22. The van der Waals surface area contributed by atoms with Gasteiger partial charge >= 0.3 is 0 Å². The first-order valence-electron chi connectivity index (χ1n) is 5.85. The number of carbonyl (C=O) groups is 1. The van der Waals surface area contributed by atoms with Crippen molar-refractivity contribution in [2.24, 2.45) is 0 Å². The van der Waals surface area contributed by atoms with Crippen molar-refractivity contribution in [1.29, 1.82) is 0 Å². The summed E-state index contributed by atoms with van der Waals surface area (Å²) in [5.74, 6) is -0.0520. The Labute approximate surface area is 115 Å². The second-order valence-electron chi connectivity index (χ2n) is 3.99. The topological polar surface area (TPSA) is 53.6 Å². The molecular weight excluding hydrogens is 298 g/mol. The first kappa shape index (κ1) is 13.5. The van der Waals surface area contributed by atoms with Gasteiger partial charge in [0.25, 0.3) is 0 Å². The molecule has 1 aromatic rings. The highest BCUT2D eigenvalue weighted by Crippen LogP contribution is 2.13. The summed E-state index contributed by atoms with van der Waals surface area (Å²) in [5.41, 5.74) is 3.88. The number of amides is 1. The van der Waals surface area contributed by atoms with E-state index in [1.165, 1.54) is 0 Å². The van der Waals surface area contributed by atoms with Crippen LogP contribution in [0.3, 0.4) is 0 Å². The molecule has 0 unspecified atom stereocenters.